The van der Waals surface area contributed by atoms with E-state index in [0.29, 0.717) is 16.0 Å². The zero-order valence-electron chi connectivity index (χ0n) is 15.8. The summed E-state index contributed by atoms with van der Waals surface area (Å²) in [6.07, 6.45) is 0. The van der Waals surface area contributed by atoms with E-state index in [-0.39, 0.29) is 11.7 Å². The van der Waals surface area contributed by atoms with Crippen LogP contribution in [0.5, 0.6) is 0 Å². The summed E-state index contributed by atoms with van der Waals surface area (Å²) in [6, 6.07) is 15.4. The summed E-state index contributed by atoms with van der Waals surface area (Å²) in [5.74, 6) is 0.706. The minimum absolute atomic E-state index is 0.192. The average Bonchev–Trinajstić information content (AvgIpc) is 3.06. The zero-order valence-corrected chi connectivity index (χ0v) is 17.4. The lowest BCUT2D eigenvalue weighted by Gasteiger charge is -2.05. The summed E-state index contributed by atoms with van der Waals surface area (Å²) in [7, 11) is 1.86. The SMILES string of the molecule is CC(=NNC(=O)CSc1nnc(-c2ccc(Cl)cc2)n1C)c1ccc(C)cc1. The first-order valence-corrected chi connectivity index (χ1v) is 9.98. The van der Waals surface area contributed by atoms with Crippen molar-refractivity contribution in [1.82, 2.24) is 20.2 Å². The number of hydrazone groups is 1. The normalized spacial score (nSPS) is 11.5. The molecule has 0 saturated heterocycles. The first-order chi connectivity index (χ1) is 13.4. The third kappa shape index (κ3) is 4.99. The highest BCUT2D eigenvalue weighted by Crippen LogP contribution is 2.23. The van der Waals surface area contributed by atoms with E-state index in [4.69, 9.17) is 11.6 Å². The van der Waals surface area contributed by atoms with Gasteiger partial charge in [-0.05, 0) is 43.7 Å². The minimum atomic E-state index is -0.201. The number of carbonyl (C=O) groups excluding carboxylic acids is 1. The van der Waals surface area contributed by atoms with E-state index < -0.39 is 0 Å². The molecule has 6 nitrogen and oxygen atoms in total. The maximum Gasteiger partial charge on any atom is 0.250 e. The van der Waals surface area contributed by atoms with Crippen LogP contribution in [0.2, 0.25) is 5.02 Å². The molecule has 0 aliphatic rings. The third-order valence-electron chi connectivity index (χ3n) is 4.09. The Morgan fingerprint density at radius 3 is 2.50 bits per heavy atom. The average molecular weight is 414 g/mol. The fourth-order valence-corrected chi connectivity index (χ4v) is 3.29. The highest BCUT2D eigenvalue weighted by Gasteiger charge is 2.13. The van der Waals surface area contributed by atoms with Gasteiger partial charge in [0.15, 0.2) is 11.0 Å². The molecule has 0 radical (unpaired) electrons. The Bertz CT molecular complexity index is 996. The van der Waals surface area contributed by atoms with Crippen LogP contribution in [-0.2, 0) is 11.8 Å². The van der Waals surface area contributed by atoms with Crippen molar-refractivity contribution in [2.24, 2.45) is 12.1 Å². The van der Waals surface area contributed by atoms with Crippen LogP contribution in [0, 0.1) is 6.92 Å². The number of benzene rings is 2. The number of hydrogen-bond acceptors (Lipinski definition) is 5. The minimum Gasteiger partial charge on any atom is -0.305 e. The second-order valence-electron chi connectivity index (χ2n) is 6.26. The Hall–Kier alpha value is -2.64. The van der Waals surface area contributed by atoms with Crippen molar-refractivity contribution in [2.75, 3.05) is 5.75 Å². The van der Waals surface area contributed by atoms with E-state index in [1.54, 1.807) is 12.1 Å². The number of nitrogens with zero attached hydrogens (tertiary/aromatic N) is 4. The number of rotatable bonds is 6. The van der Waals surface area contributed by atoms with Crippen molar-refractivity contribution in [3.05, 3.63) is 64.7 Å². The molecule has 0 unspecified atom stereocenters. The van der Waals surface area contributed by atoms with Crippen molar-refractivity contribution < 1.29 is 4.79 Å². The smallest absolute Gasteiger partial charge is 0.250 e. The number of hydrogen-bond donors (Lipinski definition) is 1. The number of carbonyl (C=O) groups is 1. The fraction of sp³-hybridized carbons (Fsp3) is 0.200. The monoisotopic (exact) mass is 413 g/mol. The molecule has 3 rings (SSSR count). The molecule has 3 aromatic rings. The molecule has 1 heterocycles. The number of halogens is 1. The highest BCUT2D eigenvalue weighted by atomic mass is 35.5. The molecule has 0 aliphatic carbocycles. The van der Waals surface area contributed by atoms with Crippen LogP contribution in [-0.4, -0.2) is 32.1 Å². The van der Waals surface area contributed by atoms with Gasteiger partial charge in [-0.2, -0.15) is 5.10 Å². The molecule has 0 saturated carbocycles. The number of aryl methyl sites for hydroxylation is 1. The molecule has 0 aliphatic heterocycles. The molecular formula is C20H20ClN5OS. The van der Waals surface area contributed by atoms with Crippen molar-refractivity contribution in [3.8, 4) is 11.4 Å². The number of amides is 1. The largest absolute Gasteiger partial charge is 0.305 e. The van der Waals surface area contributed by atoms with Crippen LogP contribution < -0.4 is 5.43 Å². The van der Waals surface area contributed by atoms with E-state index in [9.17, 15) is 4.79 Å². The Balaban J connectivity index is 1.58. The van der Waals surface area contributed by atoms with Gasteiger partial charge in [-0.25, -0.2) is 5.43 Å². The summed E-state index contributed by atoms with van der Waals surface area (Å²) in [5, 5.41) is 13.9. The maximum absolute atomic E-state index is 12.1. The lowest BCUT2D eigenvalue weighted by Crippen LogP contribution is -2.21. The molecule has 0 atom stereocenters. The van der Waals surface area contributed by atoms with Gasteiger partial charge in [0.2, 0.25) is 0 Å². The molecular weight excluding hydrogens is 394 g/mol. The van der Waals surface area contributed by atoms with Gasteiger partial charge < -0.3 is 4.57 Å². The molecule has 2 aromatic carbocycles. The third-order valence-corrected chi connectivity index (χ3v) is 5.36. The second kappa shape index (κ2) is 9.03. The van der Waals surface area contributed by atoms with E-state index in [1.807, 2.05) is 61.9 Å². The Morgan fingerprint density at radius 1 is 1.14 bits per heavy atom. The number of thioether (sulfide) groups is 1. The molecule has 1 aromatic heterocycles. The highest BCUT2D eigenvalue weighted by molar-refractivity contribution is 7.99. The van der Waals surface area contributed by atoms with Crippen LogP contribution in [0.1, 0.15) is 18.1 Å². The van der Waals surface area contributed by atoms with Gasteiger partial charge in [-0.15, -0.1) is 10.2 Å². The Morgan fingerprint density at radius 2 is 1.82 bits per heavy atom. The summed E-state index contributed by atoms with van der Waals surface area (Å²) < 4.78 is 1.85. The maximum atomic E-state index is 12.1. The van der Waals surface area contributed by atoms with Gasteiger partial charge >= 0.3 is 0 Å². The second-order valence-corrected chi connectivity index (χ2v) is 7.64. The van der Waals surface area contributed by atoms with Crippen LogP contribution in [0.25, 0.3) is 11.4 Å². The summed E-state index contributed by atoms with van der Waals surface area (Å²) in [4.78, 5) is 12.1. The first-order valence-electron chi connectivity index (χ1n) is 8.62. The van der Waals surface area contributed by atoms with E-state index in [1.165, 1.54) is 17.3 Å². The molecule has 1 amide bonds. The molecule has 1 N–H and O–H groups in total. The quantitative estimate of drug-likeness (QED) is 0.375. The zero-order chi connectivity index (χ0) is 20.1. The lowest BCUT2D eigenvalue weighted by atomic mass is 10.1. The van der Waals surface area contributed by atoms with Gasteiger partial charge in [-0.1, -0.05) is 53.2 Å². The predicted octanol–water partition coefficient (Wildman–Crippen LogP) is 4.08. The fourth-order valence-electron chi connectivity index (χ4n) is 2.46. The van der Waals surface area contributed by atoms with Gasteiger partial charge in [0, 0.05) is 17.6 Å². The van der Waals surface area contributed by atoms with E-state index in [2.05, 4.69) is 20.7 Å². The molecule has 144 valence electrons. The Labute approximate surface area is 173 Å². The summed E-state index contributed by atoms with van der Waals surface area (Å²) in [5.41, 5.74) is 6.40. The van der Waals surface area contributed by atoms with Crippen LogP contribution in [0.3, 0.4) is 0 Å². The van der Waals surface area contributed by atoms with Crippen LogP contribution >= 0.6 is 23.4 Å². The van der Waals surface area contributed by atoms with Crippen molar-refractivity contribution in [3.63, 3.8) is 0 Å². The summed E-state index contributed by atoms with van der Waals surface area (Å²) >= 11 is 7.23. The number of nitrogens with one attached hydrogen (secondary N) is 1. The topological polar surface area (TPSA) is 72.2 Å². The number of aromatic nitrogens is 3. The van der Waals surface area contributed by atoms with Crippen molar-refractivity contribution in [1.29, 1.82) is 0 Å². The molecule has 0 bridgehead atoms. The first kappa shape index (κ1) is 20.1. The predicted molar refractivity (Wildman–Crippen MR) is 114 cm³/mol. The van der Waals surface area contributed by atoms with E-state index >= 15 is 0 Å². The summed E-state index contributed by atoms with van der Waals surface area (Å²) in [6.45, 7) is 3.89. The van der Waals surface area contributed by atoms with Crippen LogP contribution in [0.4, 0.5) is 0 Å². The van der Waals surface area contributed by atoms with E-state index in [0.717, 1.165) is 16.8 Å². The molecule has 0 fully saturated rings. The van der Waals surface area contributed by atoms with Gasteiger partial charge in [0.25, 0.3) is 5.91 Å². The van der Waals surface area contributed by atoms with Crippen molar-refractivity contribution in [2.45, 2.75) is 19.0 Å². The van der Waals surface area contributed by atoms with Gasteiger partial charge in [-0.3, -0.25) is 4.79 Å². The standard InChI is InChI=1S/C20H20ClN5OS/c1-13-4-6-15(7-5-13)14(2)22-23-18(27)12-28-20-25-24-19(26(20)3)16-8-10-17(21)11-9-16/h4-11H,12H2,1-3H3,(H,23,27). The van der Waals surface area contributed by atoms with Gasteiger partial charge in [0.05, 0.1) is 11.5 Å². The molecule has 8 heteroatoms. The molecule has 0 spiro atoms. The van der Waals surface area contributed by atoms with Crippen LogP contribution in [0.15, 0.2) is 58.8 Å². The van der Waals surface area contributed by atoms with Gasteiger partial charge in [0.1, 0.15) is 0 Å². The van der Waals surface area contributed by atoms with Crippen molar-refractivity contribution >= 4 is 35.0 Å². The Kier molecular flexibility index (Phi) is 6.49. The lowest BCUT2D eigenvalue weighted by molar-refractivity contribution is -0.118. The molecule has 28 heavy (non-hydrogen) atoms.